The first-order valence-corrected chi connectivity index (χ1v) is 7.10. The predicted molar refractivity (Wildman–Crippen MR) is 85.1 cm³/mol. The second-order valence-corrected chi connectivity index (χ2v) is 4.94. The van der Waals surface area contributed by atoms with Crippen molar-refractivity contribution < 1.29 is 9.15 Å². The van der Waals surface area contributed by atoms with Gasteiger partial charge >= 0.3 is 0 Å². The Labute approximate surface area is 132 Å². The number of hydrogen-bond donors (Lipinski definition) is 1. The Morgan fingerprint density at radius 1 is 1.09 bits per heavy atom. The molecule has 0 aliphatic heterocycles. The topological polar surface area (TPSA) is 60.2 Å². The number of hydrogen-bond acceptors (Lipinski definition) is 5. The number of nitrogens with zero attached hydrogens (tertiary/aromatic N) is 2. The molecule has 6 heteroatoms. The Kier molecular flexibility index (Phi) is 4.25. The lowest BCUT2D eigenvalue weighted by Gasteiger charge is -2.08. The molecule has 0 saturated heterocycles. The van der Waals surface area contributed by atoms with Crippen molar-refractivity contribution in [2.45, 2.75) is 6.54 Å². The van der Waals surface area contributed by atoms with Crippen LogP contribution in [0.2, 0.25) is 5.02 Å². The zero-order chi connectivity index (χ0) is 15.4. The minimum Gasteiger partial charge on any atom is -0.495 e. The molecule has 0 aliphatic rings. The van der Waals surface area contributed by atoms with Gasteiger partial charge in [-0.1, -0.05) is 35.9 Å². The number of ether oxygens (including phenoxy) is 1. The number of methoxy groups -OCH3 is 1. The molecule has 112 valence electrons. The molecule has 0 amide bonds. The highest BCUT2D eigenvalue weighted by Crippen LogP contribution is 2.27. The third-order valence-corrected chi connectivity index (χ3v) is 3.44. The number of halogens is 1. The Bertz CT molecular complexity index is 773. The zero-order valence-corrected chi connectivity index (χ0v) is 12.7. The van der Waals surface area contributed by atoms with E-state index in [2.05, 4.69) is 15.5 Å². The molecule has 0 fully saturated rings. The van der Waals surface area contributed by atoms with Crippen LogP contribution in [0.25, 0.3) is 11.5 Å². The van der Waals surface area contributed by atoms with Crippen LogP contribution in [0.15, 0.2) is 52.9 Å². The first kappa shape index (κ1) is 14.4. The van der Waals surface area contributed by atoms with E-state index in [1.54, 1.807) is 13.2 Å². The standard InChI is InChI=1S/C16H14ClN3O2/c1-21-14-9-5-4-8-13(14)18-10-15-19-20-16(22-15)11-6-2-3-7-12(11)17/h2-9,18H,10H2,1H3. The Morgan fingerprint density at radius 3 is 2.68 bits per heavy atom. The highest BCUT2D eigenvalue weighted by atomic mass is 35.5. The van der Waals surface area contributed by atoms with Crippen molar-refractivity contribution in [3.8, 4) is 17.2 Å². The summed E-state index contributed by atoms with van der Waals surface area (Å²) >= 11 is 6.12. The third-order valence-electron chi connectivity index (χ3n) is 3.11. The molecule has 1 N–H and O–H groups in total. The van der Waals surface area contributed by atoms with E-state index in [-0.39, 0.29) is 0 Å². The molecular formula is C16H14ClN3O2. The third kappa shape index (κ3) is 3.04. The molecule has 0 atom stereocenters. The van der Waals surface area contributed by atoms with Gasteiger partial charge in [0.25, 0.3) is 0 Å². The fraction of sp³-hybridized carbons (Fsp3) is 0.125. The molecule has 0 radical (unpaired) electrons. The molecule has 5 nitrogen and oxygen atoms in total. The molecule has 0 spiro atoms. The fourth-order valence-electron chi connectivity index (χ4n) is 2.03. The minimum absolute atomic E-state index is 0.401. The normalized spacial score (nSPS) is 10.5. The van der Waals surface area contributed by atoms with E-state index in [1.807, 2.05) is 42.5 Å². The molecule has 0 bridgehead atoms. The zero-order valence-electron chi connectivity index (χ0n) is 11.9. The lowest BCUT2D eigenvalue weighted by atomic mass is 10.2. The van der Waals surface area contributed by atoms with Gasteiger partial charge in [-0.25, -0.2) is 0 Å². The molecule has 0 unspecified atom stereocenters. The molecule has 0 saturated carbocycles. The maximum Gasteiger partial charge on any atom is 0.249 e. The molecule has 1 heterocycles. The van der Waals surface area contributed by atoms with Crippen molar-refractivity contribution in [1.82, 2.24) is 10.2 Å². The average molecular weight is 316 g/mol. The van der Waals surface area contributed by atoms with E-state index in [9.17, 15) is 0 Å². The monoisotopic (exact) mass is 315 g/mol. The summed E-state index contributed by atoms with van der Waals surface area (Å²) < 4.78 is 10.9. The van der Waals surface area contributed by atoms with E-state index in [0.717, 1.165) is 17.0 Å². The van der Waals surface area contributed by atoms with Crippen LogP contribution in [-0.2, 0) is 6.54 Å². The van der Waals surface area contributed by atoms with Gasteiger partial charge in [0.1, 0.15) is 5.75 Å². The number of aromatic nitrogens is 2. The number of anilines is 1. The summed E-state index contributed by atoms with van der Waals surface area (Å²) in [5, 5.41) is 11.8. The molecule has 3 rings (SSSR count). The summed E-state index contributed by atoms with van der Waals surface area (Å²) in [6.07, 6.45) is 0. The van der Waals surface area contributed by atoms with Crippen LogP contribution in [0.5, 0.6) is 5.75 Å². The highest BCUT2D eigenvalue weighted by Gasteiger charge is 2.11. The van der Waals surface area contributed by atoms with Gasteiger partial charge in [0, 0.05) is 0 Å². The van der Waals surface area contributed by atoms with E-state index in [1.165, 1.54) is 0 Å². The molecule has 0 aliphatic carbocycles. The first-order chi connectivity index (χ1) is 10.8. The van der Waals surface area contributed by atoms with Gasteiger partial charge in [0.15, 0.2) is 0 Å². The van der Waals surface area contributed by atoms with Crippen LogP contribution in [-0.4, -0.2) is 17.3 Å². The maximum absolute atomic E-state index is 6.12. The molecule has 3 aromatic rings. The number of para-hydroxylation sites is 2. The van der Waals surface area contributed by atoms with Crippen LogP contribution >= 0.6 is 11.6 Å². The number of nitrogens with one attached hydrogen (secondary N) is 1. The lowest BCUT2D eigenvalue weighted by Crippen LogP contribution is -2.01. The summed E-state index contributed by atoms with van der Waals surface area (Å²) in [5.74, 6) is 1.64. The van der Waals surface area contributed by atoms with Gasteiger partial charge in [0.05, 0.1) is 29.9 Å². The van der Waals surface area contributed by atoms with Crippen LogP contribution in [0.3, 0.4) is 0 Å². The molecular weight excluding hydrogens is 302 g/mol. The number of rotatable bonds is 5. The average Bonchev–Trinajstić information content (AvgIpc) is 3.02. The maximum atomic E-state index is 6.12. The summed E-state index contributed by atoms with van der Waals surface area (Å²) in [7, 11) is 1.63. The van der Waals surface area contributed by atoms with Crippen LogP contribution in [0.4, 0.5) is 5.69 Å². The lowest BCUT2D eigenvalue weighted by molar-refractivity contribution is 0.416. The van der Waals surface area contributed by atoms with Crippen molar-refractivity contribution in [1.29, 1.82) is 0 Å². The van der Waals surface area contributed by atoms with E-state index in [0.29, 0.717) is 23.3 Å². The van der Waals surface area contributed by atoms with Crippen molar-refractivity contribution in [3.63, 3.8) is 0 Å². The Hall–Kier alpha value is -2.53. The smallest absolute Gasteiger partial charge is 0.249 e. The molecule has 2 aromatic carbocycles. The van der Waals surface area contributed by atoms with Gasteiger partial charge in [-0.2, -0.15) is 0 Å². The summed E-state index contributed by atoms with van der Waals surface area (Å²) in [4.78, 5) is 0. The van der Waals surface area contributed by atoms with Gasteiger partial charge in [-0.15, -0.1) is 10.2 Å². The predicted octanol–water partition coefficient (Wildman–Crippen LogP) is 4.01. The quantitative estimate of drug-likeness (QED) is 0.770. The van der Waals surface area contributed by atoms with Crippen LogP contribution in [0.1, 0.15) is 5.89 Å². The first-order valence-electron chi connectivity index (χ1n) is 6.72. The van der Waals surface area contributed by atoms with Crippen molar-refractivity contribution in [3.05, 3.63) is 59.4 Å². The summed E-state index contributed by atoms with van der Waals surface area (Å²) in [5.41, 5.74) is 1.59. The molecule has 22 heavy (non-hydrogen) atoms. The summed E-state index contributed by atoms with van der Waals surface area (Å²) in [6, 6.07) is 15.0. The van der Waals surface area contributed by atoms with Gasteiger partial charge in [0.2, 0.25) is 11.8 Å². The fourth-order valence-corrected chi connectivity index (χ4v) is 2.25. The van der Waals surface area contributed by atoms with E-state index < -0.39 is 0 Å². The van der Waals surface area contributed by atoms with E-state index >= 15 is 0 Å². The van der Waals surface area contributed by atoms with Crippen molar-refractivity contribution >= 4 is 17.3 Å². The second-order valence-electron chi connectivity index (χ2n) is 4.53. The number of benzene rings is 2. The van der Waals surface area contributed by atoms with Crippen LogP contribution < -0.4 is 10.1 Å². The van der Waals surface area contributed by atoms with E-state index in [4.69, 9.17) is 20.8 Å². The minimum atomic E-state index is 0.401. The molecule has 1 aromatic heterocycles. The van der Waals surface area contributed by atoms with Crippen LogP contribution in [0, 0.1) is 0 Å². The SMILES string of the molecule is COc1ccccc1NCc1nnc(-c2ccccc2Cl)o1. The second kappa shape index (κ2) is 6.49. The Morgan fingerprint density at radius 2 is 1.86 bits per heavy atom. The van der Waals surface area contributed by atoms with Gasteiger partial charge in [-0.3, -0.25) is 0 Å². The largest absolute Gasteiger partial charge is 0.495 e. The highest BCUT2D eigenvalue weighted by molar-refractivity contribution is 6.33. The van der Waals surface area contributed by atoms with Gasteiger partial charge in [-0.05, 0) is 24.3 Å². The van der Waals surface area contributed by atoms with Gasteiger partial charge < -0.3 is 14.5 Å². The Balaban J connectivity index is 1.74. The summed E-state index contributed by atoms with van der Waals surface area (Å²) in [6.45, 7) is 0.401. The van der Waals surface area contributed by atoms with Crippen molar-refractivity contribution in [2.75, 3.05) is 12.4 Å². The van der Waals surface area contributed by atoms with Crippen molar-refractivity contribution in [2.24, 2.45) is 0 Å².